The van der Waals surface area contributed by atoms with Crippen molar-refractivity contribution in [3.63, 3.8) is 0 Å². The van der Waals surface area contributed by atoms with Crippen LogP contribution in [0.5, 0.6) is 0 Å². The van der Waals surface area contributed by atoms with Crippen LogP contribution in [-0.4, -0.2) is 49.8 Å². The summed E-state index contributed by atoms with van der Waals surface area (Å²) in [5.74, 6) is 0. The molecule has 8 nitrogen and oxygen atoms in total. The Balaban J connectivity index is 2.42. The van der Waals surface area contributed by atoms with Crippen LogP contribution >= 0.6 is 0 Å². The maximum Gasteiger partial charge on any atom is 0.330 e. The number of rotatable bonds is 2. The fraction of sp³-hybridized carbons (Fsp3) is 0.600. The number of aromatic nitrogens is 2. The van der Waals surface area contributed by atoms with E-state index in [9.17, 15) is 19.8 Å². The zero-order chi connectivity index (χ0) is 13.4. The van der Waals surface area contributed by atoms with Gasteiger partial charge in [-0.25, -0.2) is 4.79 Å². The Labute approximate surface area is 101 Å². The molecule has 0 aliphatic carbocycles. The minimum absolute atomic E-state index is 0.271. The van der Waals surface area contributed by atoms with Crippen LogP contribution in [0, 0.1) is 6.92 Å². The lowest BCUT2D eigenvalue weighted by Gasteiger charge is -2.17. The van der Waals surface area contributed by atoms with Gasteiger partial charge in [-0.3, -0.25) is 14.3 Å². The molecule has 0 bridgehead atoms. The molecule has 0 aromatic carbocycles. The second-order valence-electron chi connectivity index (χ2n) is 4.21. The van der Waals surface area contributed by atoms with Crippen LogP contribution in [0.1, 0.15) is 11.8 Å². The minimum atomic E-state index is -1.36. The van der Waals surface area contributed by atoms with Crippen molar-refractivity contribution in [2.75, 3.05) is 6.61 Å². The predicted molar refractivity (Wildman–Crippen MR) is 59.1 cm³/mol. The second-order valence-corrected chi connectivity index (χ2v) is 4.21. The monoisotopic (exact) mass is 258 g/mol. The van der Waals surface area contributed by atoms with Crippen LogP contribution in [0.4, 0.5) is 0 Å². The highest BCUT2D eigenvalue weighted by atomic mass is 16.6. The van der Waals surface area contributed by atoms with Crippen molar-refractivity contribution < 1.29 is 20.1 Å². The third-order valence-corrected chi connectivity index (χ3v) is 2.94. The van der Waals surface area contributed by atoms with Gasteiger partial charge in [0.25, 0.3) is 5.56 Å². The first-order valence-electron chi connectivity index (χ1n) is 5.40. The molecule has 1 aliphatic rings. The molecule has 18 heavy (non-hydrogen) atoms. The number of ether oxygens (including phenoxy) is 1. The number of aliphatic hydroxyl groups is 3. The molecule has 2 heterocycles. The zero-order valence-corrected chi connectivity index (χ0v) is 9.61. The third-order valence-electron chi connectivity index (χ3n) is 2.94. The molecule has 1 aliphatic heterocycles. The first-order chi connectivity index (χ1) is 8.45. The summed E-state index contributed by atoms with van der Waals surface area (Å²) in [6, 6.07) is 0. The predicted octanol–water partition coefficient (Wildman–Crippen LogP) is -2.54. The largest absolute Gasteiger partial charge is 0.394 e. The van der Waals surface area contributed by atoms with Gasteiger partial charge in [0.05, 0.1) is 6.61 Å². The fourth-order valence-electron chi connectivity index (χ4n) is 1.88. The van der Waals surface area contributed by atoms with Crippen molar-refractivity contribution >= 4 is 0 Å². The average Bonchev–Trinajstić information content (AvgIpc) is 2.61. The van der Waals surface area contributed by atoms with Gasteiger partial charge in [-0.2, -0.15) is 0 Å². The van der Waals surface area contributed by atoms with Crippen LogP contribution in [0.25, 0.3) is 0 Å². The molecule has 0 radical (unpaired) electrons. The van der Waals surface area contributed by atoms with E-state index in [0.29, 0.717) is 0 Å². The molecule has 100 valence electrons. The van der Waals surface area contributed by atoms with Crippen molar-refractivity contribution in [2.45, 2.75) is 31.5 Å². The molecule has 4 atom stereocenters. The Hall–Kier alpha value is -1.48. The number of hydrogen-bond acceptors (Lipinski definition) is 6. The topological polar surface area (TPSA) is 125 Å². The lowest BCUT2D eigenvalue weighted by molar-refractivity contribution is -0.0551. The van der Waals surface area contributed by atoms with Crippen LogP contribution in [0.2, 0.25) is 0 Å². The van der Waals surface area contributed by atoms with Gasteiger partial charge >= 0.3 is 5.69 Å². The van der Waals surface area contributed by atoms with Gasteiger partial charge in [-0.15, -0.1) is 0 Å². The molecule has 2 rings (SSSR count). The van der Waals surface area contributed by atoms with E-state index < -0.39 is 42.4 Å². The van der Waals surface area contributed by atoms with Crippen molar-refractivity contribution in [1.82, 2.24) is 9.55 Å². The summed E-state index contributed by atoms with van der Waals surface area (Å²) in [5.41, 5.74) is -1.00. The molecule has 0 amide bonds. The molecule has 1 saturated heterocycles. The van der Waals surface area contributed by atoms with Crippen LogP contribution in [0.15, 0.2) is 15.8 Å². The molecule has 1 aromatic rings. The van der Waals surface area contributed by atoms with Gasteiger partial charge in [0.2, 0.25) is 0 Å². The lowest BCUT2D eigenvalue weighted by Crippen LogP contribution is -2.38. The quantitative estimate of drug-likeness (QED) is 0.463. The van der Waals surface area contributed by atoms with Crippen molar-refractivity contribution in [3.8, 4) is 0 Å². The SMILES string of the molecule is Cc1cn(C2OC(CO)[C@H](O)[C@@H]2O)c(=O)[nH]c1=O. The van der Waals surface area contributed by atoms with Gasteiger partial charge in [0, 0.05) is 11.8 Å². The summed E-state index contributed by atoms with van der Waals surface area (Å²) in [5, 5.41) is 28.3. The Bertz CT molecular complexity index is 550. The maximum atomic E-state index is 11.6. The third kappa shape index (κ3) is 1.99. The standard InChI is InChI=1S/C10H14N2O6/c1-4-2-12(10(17)11-8(4)16)9-7(15)6(14)5(3-13)18-9/h2,5-7,9,13-15H,3H2,1H3,(H,11,16,17)/t5?,6-,7-,9?/m0/s1. The molecule has 1 aromatic heterocycles. The highest BCUT2D eigenvalue weighted by Crippen LogP contribution is 2.27. The average molecular weight is 258 g/mol. The van der Waals surface area contributed by atoms with E-state index in [1.54, 1.807) is 0 Å². The van der Waals surface area contributed by atoms with E-state index in [4.69, 9.17) is 9.84 Å². The molecule has 2 unspecified atom stereocenters. The van der Waals surface area contributed by atoms with E-state index >= 15 is 0 Å². The van der Waals surface area contributed by atoms with E-state index in [2.05, 4.69) is 4.98 Å². The first-order valence-corrected chi connectivity index (χ1v) is 5.40. The van der Waals surface area contributed by atoms with Gasteiger partial charge < -0.3 is 20.1 Å². The molecule has 8 heteroatoms. The van der Waals surface area contributed by atoms with Crippen molar-refractivity contribution in [3.05, 3.63) is 32.6 Å². The molecule has 0 saturated carbocycles. The van der Waals surface area contributed by atoms with Crippen LogP contribution in [0.3, 0.4) is 0 Å². The summed E-state index contributed by atoms with van der Waals surface area (Å²) in [6.07, 6.45) is -3.52. The Kier molecular flexibility index (Phi) is 3.35. The summed E-state index contributed by atoms with van der Waals surface area (Å²) >= 11 is 0. The minimum Gasteiger partial charge on any atom is -0.394 e. The first kappa shape index (κ1) is 13.0. The van der Waals surface area contributed by atoms with E-state index in [1.807, 2.05) is 0 Å². The normalized spacial score (nSPS) is 31.8. The van der Waals surface area contributed by atoms with Gasteiger partial charge in [-0.05, 0) is 6.92 Å². The molecule has 1 fully saturated rings. The molecular formula is C10H14N2O6. The highest BCUT2D eigenvalue weighted by Gasteiger charge is 2.43. The van der Waals surface area contributed by atoms with Crippen molar-refractivity contribution in [2.24, 2.45) is 0 Å². The van der Waals surface area contributed by atoms with Gasteiger partial charge in [-0.1, -0.05) is 0 Å². The fourth-order valence-corrected chi connectivity index (χ4v) is 1.88. The highest BCUT2D eigenvalue weighted by molar-refractivity contribution is 5.03. The number of nitrogens with zero attached hydrogens (tertiary/aromatic N) is 1. The number of nitrogens with one attached hydrogen (secondary N) is 1. The van der Waals surface area contributed by atoms with Crippen LogP contribution in [-0.2, 0) is 4.74 Å². The summed E-state index contributed by atoms with van der Waals surface area (Å²) in [7, 11) is 0. The van der Waals surface area contributed by atoms with Crippen LogP contribution < -0.4 is 11.2 Å². The molecule has 4 N–H and O–H groups in total. The second kappa shape index (κ2) is 4.65. The number of aromatic amines is 1. The molecular weight excluding hydrogens is 244 g/mol. The number of H-pyrrole nitrogens is 1. The molecule has 0 spiro atoms. The lowest BCUT2D eigenvalue weighted by atomic mass is 10.1. The van der Waals surface area contributed by atoms with E-state index in [0.717, 1.165) is 4.57 Å². The van der Waals surface area contributed by atoms with E-state index in [1.165, 1.54) is 13.1 Å². The maximum absolute atomic E-state index is 11.6. The van der Waals surface area contributed by atoms with Gasteiger partial charge in [0.15, 0.2) is 6.23 Å². The smallest absolute Gasteiger partial charge is 0.330 e. The summed E-state index contributed by atoms with van der Waals surface area (Å²) in [6.45, 7) is 1.02. The summed E-state index contributed by atoms with van der Waals surface area (Å²) in [4.78, 5) is 24.9. The van der Waals surface area contributed by atoms with E-state index in [-0.39, 0.29) is 5.56 Å². The van der Waals surface area contributed by atoms with Gasteiger partial charge in [0.1, 0.15) is 18.3 Å². The Morgan fingerprint density at radius 3 is 2.61 bits per heavy atom. The number of aryl methyl sites for hydroxylation is 1. The summed E-state index contributed by atoms with van der Waals surface area (Å²) < 4.78 is 6.17. The zero-order valence-electron chi connectivity index (χ0n) is 9.61. The number of hydrogen-bond donors (Lipinski definition) is 4. The van der Waals surface area contributed by atoms with Crippen molar-refractivity contribution in [1.29, 1.82) is 0 Å². The Morgan fingerprint density at radius 2 is 2.06 bits per heavy atom. The number of aliphatic hydroxyl groups excluding tert-OH is 3. The Morgan fingerprint density at radius 1 is 1.39 bits per heavy atom.